The van der Waals surface area contributed by atoms with E-state index in [4.69, 9.17) is 5.73 Å². The van der Waals surface area contributed by atoms with Crippen molar-refractivity contribution in [2.45, 2.75) is 63.3 Å². The van der Waals surface area contributed by atoms with Gasteiger partial charge < -0.3 is 11.1 Å². The molecule has 0 aromatic heterocycles. The third kappa shape index (κ3) is 4.09. The van der Waals surface area contributed by atoms with Crippen LogP contribution in [0.2, 0.25) is 0 Å². The maximum absolute atomic E-state index is 12.7. The third-order valence-corrected chi connectivity index (χ3v) is 4.17. The predicted molar refractivity (Wildman–Crippen MR) is 71.1 cm³/mol. The van der Waals surface area contributed by atoms with E-state index in [0.29, 0.717) is 25.7 Å². The number of nitrogens with zero attached hydrogens (tertiary/aromatic N) is 1. The average molecular weight is 295 g/mol. The van der Waals surface area contributed by atoms with Gasteiger partial charge in [0, 0.05) is 12.1 Å². The lowest BCUT2D eigenvalue weighted by atomic mass is 9.77. The number of hydrogen-bond donors (Lipinski definition) is 2. The molecule has 1 aliphatic rings. The Morgan fingerprint density at radius 1 is 1.50 bits per heavy atom. The van der Waals surface area contributed by atoms with Gasteiger partial charge >= 0.3 is 6.18 Å². The van der Waals surface area contributed by atoms with Crippen molar-refractivity contribution in [3.63, 3.8) is 0 Å². The topological polar surface area (TPSA) is 58.4 Å². The van der Waals surface area contributed by atoms with Crippen LogP contribution < -0.4 is 11.1 Å². The first kappa shape index (κ1) is 17.2. The summed E-state index contributed by atoms with van der Waals surface area (Å²) in [6.07, 6.45) is -1.99. The van der Waals surface area contributed by atoms with E-state index in [1.54, 1.807) is 20.9 Å². The monoisotopic (exact) mass is 295 g/mol. The molecule has 1 rings (SSSR count). The lowest BCUT2D eigenvalue weighted by molar-refractivity contribution is -0.158. The zero-order valence-electron chi connectivity index (χ0n) is 12.3. The largest absolute Gasteiger partial charge is 0.401 e. The number of nitrogens with two attached hydrogens (primary N) is 1. The molecule has 1 aliphatic carbocycles. The van der Waals surface area contributed by atoms with Gasteiger partial charge in [0.15, 0.2) is 0 Å². The van der Waals surface area contributed by atoms with Crippen molar-refractivity contribution in [2.24, 2.45) is 5.73 Å². The molecule has 0 aliphatic heterocycles. The molecule has 1 amide bonds. The Morgan fingerprint density at radius 2 is 2.10 bits per heavy atom. The lowest BCUT2D eigenvalue weighted by Gasteiger charge is -2.44. The van der Waals surface area contributed by atoms with Crippen molar-refractivity contribution < 1.29 is 18.0 Å². The predicted octanol–water partition coefficient (Wildman–Crippen LogP) is 1.65. The first-order chi connectivity index (χ1) is 9.11. The van der Waals surface area contributed by atoms with Crippen LogP contribution in [0.15, 0.2) is 0 Å². The standard InChI is InChI=1S/C13H24F3N3O/c1-9(2)19(8-13(14,15)16)10-5-4-6-12(7-10,18-3)11(17)20/h9-10,18H,4-8H2,1-3H3,(H2,17,20). The van der Waals surface area contributed by atoms with Crippen LogP contribution in [0.5, 0.6) is 0 Å². The van der Waals surface area contributed by atoms with Gasteiger partial charge in [0.05, 0.1) is 12.1 Å². The number of alkyl halides is 3. The Kier molecular flexibility index (Phi) is 5.43. The van der Waals surface area contributed by atoms with Crippen LogP contribution in [0.3, 0.4) is 0 Å². The van der Waals surface area contributed by atoms with E-state index < -0.39 is 24.2 Å². The van der Waals surface area contributed by atoms with Gasteiger partial charge in [-0.15, -0.1) is 0 Å². The van der Waals surface area contributed by atoms with Crippen molar-refractivity contribution in [2.75, 3.05) is 13.6 Å². The minimum absolute atomic E-state index is 0.234. The Bertz CT molecular complexity index is 346. The summed E-state index contributed by atoms with van der Waals surface area (Å²) >= 11 is 0. The molecular formula is C13H24F3N3O. The average Bonchev–Trinajstić information content (AvgIpc) is 2.34. The fourth-order valence-corrected chi connectivity index (χ4v) is 3.04. The number of halogens is 3. The molecule has 0 radical (unpaired) electrons. The highest BCUT2D eigenvalue weighted by atomic mass is 19.4. The number of likely N-dealkylation sites (N-methyl/N-ethyl adjacent to an activating group) is 1. The zero-order valence-corrected chi connectivity index (χ0v) is 12.3. The van der Waals surface area contributed by atoms with Crippen LogP contribution in [0, 0.1) is 0 Å². The van der Waals surface area contributed by atoms with E-state index in [2.05, 4.69) is 5.32 Å². The quantitative estimate of drug-likeness (QED) is 0.811. The van der Waals surface area contributed by atoms with E-state index >= 15 is 0 Å². The molecule has 0 bridgehead atoms. The summed E-state index contributed by atoms with van der Waals surface area (Å²) in [5.41, 5.74) is 4.55. The van der Waals surface area contributed by atoms with Gasteiger partial charge in [0.2, 0.25) is 5.91 Å². The minimum Gasteiger partial charge on any atom is -0.368 e. The summed E-state index contributed by atoms with van der Waals surface area (Å²) in [6.45, 7) is 2.53. The van der Waals surface area contributed by atoms with Gasteiger partial charge in [-0.1, -0.05) is 0 Å². The van der Waals surface area contributed by atoms with Crippen molar-refractivity contribution in [1.82, 2.24) is 10.2 Å². The van der Waals surface area contributed by atoms with E-state index in [1.165, 1.54) is 4.90 Å². The normalized spacial score (nSPS) is 28.1. The summed E-state index contributed by atoms with van der Waals surface area (Å²) in [7, 11) is 1.64. The number of rotatable bonds is 5. The molecule has 0 aromatic carbocycles. The van der Waals surface area contributed by atoms with Crippen LogP contribution >= 0.6 is 0 Å². The Labute approximate surface area is 117 Å². The number of hydrogen-bond acceptors (Lipinski definition) is 3. The zero-order chi connectivity index (χ0) is 15.6. The summed E-state index contributed by atoms with van der Waals surface area (Å²) in [4.78, 5) is 13.1. The molecule has 0 spiro atoms. The molecule has 1 fully saturated rings. The fourth-order valence-electron chi connectivity index (χ4n) is 3.04. The summed E-state index contributed by atoms with van der Waals surface area (Å²) in [5, 5.41) is 2.92. The van der Waals surface area contributed by atoms with Crippen molar-refractivity contribution in [3.8, 4) is 0 Å². The van der Waals surface area contributed by atoms with Gasteiger partial charge in [-0.05, 0) is 46.6 Å². The second-order valence-electron chi connectivity index (χ2n) is 5.83. The van der Waals surface area contributed by atoms with Crippen LogP contribution in [0.25, 0.3) is 0 Å². The molecule has 2 atom stereocenters. The SMILES string of the molecule is CNC1(C(N)=O)CCCC(N(CC(F)(F)F)C(C)C)C1. The smallest absolute Gasteiger partial charge is 0.368 e. The van der Waals surface area contributed by atoms with Gasteiger partial charge in [-0.25, -0.2) is 0 Å². The summed E-state index contributed by atoms with van der Waals surface area (Å²) < 4.78 is 38.1. The van der Waals surface area contributed by atoms with E-state index in [0.717, 1.165) is 0 Å². The highest BCUT2D eigenvalue weighted by molar-refractivity contribution is 5.84. The molecule has 20 heavy (non-hydrogen) atoms. The van der Waals surface area contributed by atoms with Crippen LogP contribution in [-0.2, 0) is 4.79 Å². The Morgan fingerprint density at radius 3 is 2.50 bits per heavy atom. The first-order valence-electron chi connectivity index (χ1n) is 6.92. The van der Waals surface area contributed by atoms with Crippen molar-refractivity contribution in [3.05, 3.63) is 0 Å². The molecule has 118 valence electrons. The van der Waals surface area contributed by atoms with Crippen molar-refractivity contribution in [1.29, 1.82) is 0 Å². The second kappa shape index (κ2) is 6.30. The summed E-state index contributed by atoms with van der Waals surface area (Å²) in [6, 6.07) is -0.521. The number of amides is 1. The summed E-state index contributed by atoms with van der Waals surface area (Å²) in [5.74, 6) is -0.486. The van der Waals surface area contributed by atoms with Crippen LogP contribution in [0.1, 0.15) is 39.5 Å². The van der Waals surface area contributed by atoms with Crippen molar-refractivity contribution >= 4 is 5.91 Å². The molecular weight excluding hydrogens is 271 g/mol. The molecule has 0 heterocycles. The van der Waals surface area contributed by atoms with Gasteiger partial charge in [0.25, 0.3) is 0 Å². The van der Waals surface area contributed by atoms with E-state index in [9.17, 15) is 18.0 Å². The number of primary amides is 1. The maximum Gasteiger partial charge on any atom is 0.401 e. The molecule has 7 heteroatoms. The van der Waals surface area contributed by atoms with Crippen LogP contribution in [-0.4, -0.2) is 48.2 Å². The highest BCUT2D eigenvalue weighted by Gasteiger charge is 2.44. The van der Waals surface area contributed by atoms with E-state index in [-0.39, 0.29) is 12.1 Å². The molecule has 4 nitrogen and oxygen atoms in total. The third-order valence-electron chi connectivity index (χ3n) is 4.17. The van der Waals surface area contributed by atoms with Gasteiger partial charge in [-0.2, -0.15) is 13.2 Å². The highest BCUT2D eigenvalue weighted by Crippen LogP contribution is 2.33. The second-order valence-corrected chi connectivity index (χ2v) is 5.83. The fraction of sp³-hybridized carbons (Fsp3) is 0.923. The molecule has 2 unspecified atom stereocenters. The molecule has 1 saturated carbocycles. The molecule has 0 saturated heterocycles. The number of carbonyl (C=O) groups is 1. The Balaban J connectivity index is 2.89. The molecule has 0 aromatic rings. The van der Waals surface area contributed by atoms with Crippen LogP contribution in [0.4, 0.5) is 13.2 Å². The first-order valence-corrected chi connectivity index (χ1v) is 6.92. The number of nitrogens with one attached hydrogen (secondary N) is 1. The van der Waals surface area contributed by atoms with E-state index in [1.807, 2.05) is 0 Å². The van der Waals surface area contributed by atoms with Gasteiger partial charge in [0.1, 0.15) is 0 Å². The minimum atomic E-state index is -4.24. The maximum atomic E-state index is 12.7. The number of carbonyl (C=O) groups excluding carboxylic acids is 1. The van der Waals surface area contributed by atoms with Gasteiger partial charge in [-0.3, -0.25) is 9.69 Å². The molecule has 3 N–H and O–H groups in total. The Hall–Kier alpha value is -0.820. The lowest BCUT2D eigenvalue weighted by Crippen LogP contribution is -2.60.